The molecule has 2 N–H and O–H groups in total. The van der Waals surface area contributed by atoms with Crippen molar-refractivity contribution in [3.63, 3.8) is 0 Å². The fraction of sp³-hybridized carbons (Fsp3) is 0.300. The maximum absolute atomic E-state index is 14.0. The topological polar surface area (TPSA) is 58.2 Å². The van der Waals surface area contributed by atoms with Gasteiger partial charge in [-0.2, -0.15) is 0 Å². The smallest absolute Gasteiger partial charge is 0.258 e. The van der Waals surface area contributed by atoms with Gasteiger partial charge in [-0.25, -0.2) is 13.2 Å². The van der Waals surface area contributed by atoms with E-state index in [1.54, 1.807) is 0 Å². The molecule has 3 rings (SSSR count). The van der Waals surface area contributed by atoms with Crippen molar-refractivity contribution < 1.29 is 22.8 Å². The molecule has 0 saturated heterocycles. The summed E-state index contributed by atoms with van der Waals surface area (Å²) in [5.41, 5.74) is -0.208. The highest BCUT2D eigenvalue weighted by atomic mass is 19.1. The summed E-state index contributed by atoms with van der Waals surface area (Å²) in [6, 6.07) is 6.27. The highest BCUT2D eigenvalue weighted by molar-refractivity contribution is 6.05. The number of carbonyl (C=O) groups is 2. The van der Waals surface area contributed by atoms with Gasteiger partial charge in [0.15, 0.2) is 0 Å². The lowest BCUT2D eigenvalue weighted by molar-refractivity contribution is -0.120. The van der Waals surface area contributed by atoms with E-state index >= 15 is 0 Å². The Hall–Kier alpha value is -2.83. The van der Waals surface area contributed by atoms with Crippen LogP contribution in [0.15, 0.2) is 36.4 Å². The SMILES string of the molecule is O=C(Nc1ccc(F)c(NC(=O)C2CCCCC2)c1)c1ccc(F)cc1F. The Bertz CT molecular complexity index is 864. The lowest BCUT2D eigenvalue weighted by atomic mass is 9.88. The minimum atomic E-state index is -1.000. The van der Waals surface area contributed by atoms with Crippen LogP contribution < -0.4 is 10.6 Å². The molecule has 1 aliphatic rings. The van der Waals surface area contributed by atoms with Crippen LogP contribution in [-0.4, -0.2) is 11.8 Å². The van der Waals surface area contributed by atoms with Gasteiger partial charge in [0.05, 0.1) is 11.3 Å². The van der Waals surface area contributed by atoms with Gasteiger partial charge in [-0.05, 0) is 43.2 Å². The van der Waals surface area contributed by atoms with Crippen LogP contribution in [0.1, 0.15) is 42.5 Å². The van der Waals surface area contributed by atoms with E-state index in [0.717, 1.165) is 50.3 Å². The second-order valence-electron chi connectivity index (χ2n) is 6.60. The molecule has 142 valence electrons. The van der Waals surface area contributed by atoms with Crippen molar-refractivity contribution in [2.45, 2.75) is 32.1 Å². The maximum atomic E-state index is 14.0. The fourth-order valence-electron chi connectivity index (χ4n) is 3.17. The fourth-order valence-corrected chi connectivity index (χ4v) is 3.17. The molecule has 0 radical (unpaired) electrons. The molecule has 0 aromatic heterocycles. The Kier molecular flexibility index (Phi) is 5.78. The van der Waals surface area contributed by atoms with E-state index in [4.69, 9.17) is 0 Å². The van der Waals surface area contributed by atoms with Gasteiger partial charge in [-0.1, -0.05) is 19.3 Å². The van der Waals surface area contributed by atoms with Crippen LogP contribution in [0.5, 0.6) is 0 Å². The molecule has 2 amide bonds. The molecule has 7 heteroatoms. The summed E-state index contributed by atoms with van der Waals surface area (Å²) in [7, 11) is 0. The molecule has 0 bridgehead atoms. The van der Waals surface area contributed by atoms with Crippen molar-refractivity contribution in [1.82, 2.24) is 0 Å². The molecule has 2 aromatic carbocycles. The van der Waals surface area contributed by atoms with E-state index in [1.807, 2.05) is 0 Å². The first-order chi connectivity index (χ1) is 12.9. The second-order valence-corrected chi connectivity index (χ2v) is 6.60. The third-order valence-electron chi connectivity index (χ3n) is 4.63. The molecule has 1 saturated carbocycles. The van der Waals surface area contributed by atoms with Gasteiger partial charge in [0.25, 0.3) is 5.91 Å². The number of nitrogens with one attached hydrogen (secondary N) is 2. The van der Waals surface area contributed by atoms with E-state index in [9.17, 15) is 22.8 Å². The third-order valence-corrected chi connectivity index (χ3v) is 4.63. The summed E-state index contributed by atoms with van der Waals surface area (Å²) >= 11 is 0. The van der Waals surface area contributed by atoms with E-state index in [1.165, 1.54) is 12.1 Å². The number of anilines is 2. The van der Waals surface area contributed by atoms with Crippen molar-refractivity contribution in [3.8, 4) is 0 Å². The predicted octanol–water partition coefficient (Wildman–Crippen LogP) is 4.88. The Balaban J connectivity index is 1.72. The van der Waals surface area contributed by atoms with Crippen LogP contribution in [-0.2, 0) is 4.79 Å². The lowest BCUT2D eigenvalue weighted by Gasteiger charge is -2.21. The first-order valence-electron chi connectivity index (χ1n) is 8.81. The highest BCUT2D eigenvalue weighted by Gasteiger charge is 2.22. The van der Waals surface area contributed by atoms with Crippen molar-refractivity contribution in [2.24, 2.45) is 5.92 Å². The Morgan fingerprint density at radius 3 is 2.30 bits per heavy atom. The minimum Gasteiger partial charge on any atom is -0.323 e. The summed E-state index contributed by atoms with van der Waals surface area (Å²) in [5, 5.41) is 4.98. The van der Waals surface area contributed by atoms with Gasteiger partial charge < -0.3 is 10.6 Å². The first-order valence-corrected chi connectivity index (χ1v) is 8.81. The number of hydrogen-bond acceptors (Lipinski definition) is 2. The van der Waals surface area contributed by atoms with Crippen molar-refractivity contribution in [1.29, 1.82) is 0 Å². The van der Waals surface area contributed by atoms with Crippen LogP contribution in [0.3, 0.4) is 0 Å². The number of rotatable bonds is 4. The molecule has 27 heavy (non-hydrogen) atoms. The van der Waals surface area contributed by atoms with Gasteiger partial charge >= 0.3 is 0 Å². The van der Waals surface area contributed by atoms with E-state index in [2.05, 4.69) is 10.6 Å². The zero-order valence-corrected chi connectivity index (χ0v) is 14.5. The Morgan fingerprint density at radius 2 is 1.59 bits per heavy atom. The predicted molar refractivity (Wildman–Crippen MR) is 95.9 cm³/mol. The molecule has 2 aromatic rings. The molecule has 0 heterocycles. The number of benzene rings is 2. The maximum Gasteiger partial charge on any atom is 0.258 e. The number of carbonyl (C=O) groups excluding carboxylic acids is 2. The average molecular weight is 376 g/mol. The molecule has 0 aliphatic heterocycles. The zero-order chi connectivity index (χ0) is 19.4. The largest absolute Gasteiger partial charge is 0.323 e. The normalized spacial score (nSPS) is 14.6. The molecule has 0 spiro atoms. The molecule has 1 fully saturated rings. The van der Waals surface area contributed by atoms with Crippen LogP contribution in [0, 0.1) is 23.4 Å². The summed E-state index contributed by atoms with van der Waals surface area (Å²) in [4.78, 5) is 24.5. The molecular formula is C20H19F3N2O2. The number of hydrogen-bond donors (Lipinski definition) is 2. The molecule has 1 aliphatic carbocycles. The van der Waals surface area contributed by atoms with E-state index in [-0.39, 0.29) is 28.8 Å². The zero-order valence-electron chi connectivity index (χ0n) is 14.5. The van der Waals surface area contributed by atoms with Gasteiger partial charge in [-0.15, -0.1) is 0 Å². The summed E-state index contributed by atoms with van der Waals surface area (Å²) in [6.07, 6.45) is 4.58. The van der Waals surface area contributed by atoms with E-state index < -0.39 is 23.4 Å². The highest BCUT2D eigenvalue weighted by Crippen LogP contribution is 2.27. The monoisotopic (exact) mass is 376 g/mol. The minimum absolute atomic E-state index is 0.0528. The van der Waals surface area contributed by atoms with Gasteiger partial charge in [-0.3, -0.25) is 9.59 Å². The second kappa shape index (κ2) is 8.24. The molecule has 0 unspecified atom stereocenters. The molecule has 4 nitrogen and oxygen atoms in total. The van der Waals surface area contributed by atoms with Crippen molar-refractivity contribution in [3.05, 3.63) is 59.4 Å². The summed E-state index contributed by atoms with van der Waals surface area (Å²) in [6.45, 7) is 0. The average Bonchev–Trinajstić information content (AvgIpc) is 2.65. The van der Waals surface area contributed by atoms with Crippen LogP contribution in [0.4, 0.5) is 24.5 Å². The quantitative estimate of drug-likeness (QED) is 0.799. The summed E-state index contributed by atoms with van der Waals surface area (Å²) in [5.74, 6) is -3.63. The van der Waals surface area contributed by atoms with Crippen LogP contribution in [0.2, 0.25) is 0 Å². The van der Waals surface area contributed by atoms with Crippen molar-refractivity contribution in [2.75, 3.05) is 10.6 Å². The number of amides is 2. The van der Waals surface area contributed by atoms with Crippen molar-refractivity contribution >= 4 is 23.2 Å². The lowest BCUT2D eigenvalue weighted by Crippen LogP contribution is -2.25. The van der Waals surface area contributed by atoms with Crippen LogP contribution >= 0.6 is 0 Å². The Labute approximate surface area is 154 Å². The standard InChI is InChI=1S/C20H19F3N2O2/c21-13-6-8-15(17(23)10-13)20(27)24-14-7-9-16(22)18(11-14)25-19(26)12-4-2-1-3-5-12/h6-12H,1-5H2,(H,24,27)(H,25,26). The molecular weight excluding hydrogens is 357 g/mol. The third kappa shape index (κ3) is 4.67. The molecule has 0 atom stereocenters. The first kappa shape index (κ1) is 18.9. The van der Waals surface area contributed by atoms with Crippen LogP contribution in [0.25, 0.3) is 0 Å². The van der Waals surface area contributed by atoms with Gasteiger partial charge in [0, 0.05) is 17.7 Å². The van der Waals surface area contributed by atoms with Gasteiger partial charge in [0.2, 0.25) is 5.91 Å². The van der Waals surface area contributed by atoms with E-state index in [0.29, 0.717) is 6.07 Å². The van der Waals surface area contributed by atoms with Gasteiger partial charge in [0.1, 0.15) is 17.5 Å². The summed E-state index contributed by atoms with van der Waals surface area (Å²) < 4.78 is 40.7. The Morgan fingerprint density at radius 1 is 0.852 bits per heavy atom. The number of halogens is 3.